The van der Waals surface area contributed by atoms with Gasteiger partial charge in [-0.25, -0.2) is 0 Å². The van der Waals surface area contributed by atoms with Gasteiger partial charge in [0.2, 0.25) is 0 Å². The number of benzene rings is 2. The first-order chi connectivity index (χ1) is 12.1. The predicted octanol–water partition coefficient (Wildman–Crippen LogP) is 3.37. The van der Waals surface area contributed by atoms with Crippen LogP contribution >= 0.6 is 0 Å². The van der Waals surface area contributed by atoms with Crippen LogP contribution in [0.5, 0.6) is 11.5 Å². The molecule has 4 heteroatoms. The van der Waals surface area contributed by atoms with Gasteiger partial charge in [-0.1, -0.05) is 37.8 Å². The van der Waals surface area contributed by atoms with Crippen LogP contribution < -0.4 is 14.8 Å². The molecule has 25 heavy (non-hydrogen) atoms. The van der Waals surface area contributed by atoms with Crippen LogP contribution in [0.1, 0.15) is 30.9 Å². The molecule has 2 aromatic carbocycles. The summed E-state index contributed by atoms with van der Waals surface area (Å²) in [6.45, 7) is 4.53. The Hall–Kier alpha value is -2.93. The van der Waals surface area contributed by atoms with Crippen molar-refractivity contribution in [3.63, 3.8) is 0 Å². The van der Waals surface area contributed by atoms with E-state index in [1.807, 2.05) is 48.5 Å². The standard InChI is InChI=1S/C21H23NO3/c1-16(2)18-8-12-20(13-9-18)25-15-21(23)22-14-4-5-17-6-10-19(24-3)11-7-17/h6-13,16H,14-15H2,1-3H3,(H,22,23). The number of amides is 1. The van der Waals surface area contributed by atoms with Crippen LogP contribution in [0.4, 0.5) is 0 Å². The molecule has 0 aromatic heterocycles. The molecule has 0 spiro atoms. The summed E-state index contributed by atoms with van der Waals surface area (Å²) in [5, 5.41) is 2.71. The minimum atomic E-state index is -0.197. The lowest BCUT2D eigenvalue weighted by Crippen LogP contribution is -2.29. The zero-order valence-corrected chi connectivity index (χ0v) is 14.8. The Bertz CT molecular complexity index is 737. The number of hydrogen-bond donors (Lipinski definition) is 1. The van der Waals surface area contributed by atoms with Crippen LogP contribution in [0, 0.1) is 11.8 Å². The fourth-order valence-electron chi connectivity index (χ4n) is 2.11. The van der Waals surface area contributed by atoms with Crippen molar-refractivity contribution < 1.29 is 14.3 Å². The molecule has 0 fully saturated rings. The van der Waals surface area contributed by atoms with Gasteiger partial charge in [-0.05, 0) is 47.9 Å². The molecule has 0 heterocycles. The largest absolute Gasteiger partial charge is 0.497 e. The molecule has 2 rings (SSSR count). The highest BCUT2D eigenvalue weighted by Crippen LogP contribution is 2.18. The van der Waals surface area contributed by atoms with E-state index < -0.39 is 0 Å². The summed E-state index contributed by atoms with van der Waals surface area (Å²) in [6.07, 6.45) is 0. The molecule has 0 saturated carbocycles. The van der Waals surface area contributed by atoms with Gasteiger partial charge in [0.1, 0.15) is 11.5 Å². The summed E-state index contributed by atoms with van der Waals surface area (Å²) >= 11 is 0. The third kappa shape index (κ3) is 6.23. The molecule has 0 aliphatic carbocycles. The zero-order chi connectivity index (χ0) is 18.1. The van der Waals surface area contributed by atoms with Gasteiger partial charge in [-0.15, -0.1) is 0 Å². The van der Waals surface area contributed by atoms with Crippen molar-refractivity contribution in [2.45, 2.75) is 19.8 Å². The quantitative estimate of drug-likeness (QED) is 0.822. The van der Waals surface area contributed by atoms with Crippen molar-refractivity contribution in [1.29, 1.82) is 0 Å². The molecule has 4 nitrogen and oxygen atoms in total. The number of ether oxygens (including phenoxy) is 2. The van der Waals surface area contributed by atoms with E-state index in [0.717, 1.165) is 11.3 Å². The Morgan fingerprint density at radius 1 is 1.04 bits per heavy atom. The number of nitrogens with one attached hydrogen (secondary N) is 1. The first kappa shape index (κ1) is 18.4. The van der Waals surface area contributed by atoms with Gasteiger partial charge in [0.25, 0.3) is 5.91 Å². The maximum atomic E-state index is 11.8. The van der Waals surface area contributed by atoms with Crippen LogP contribution in [0.15, 0.2) is 48.5 Å². The van der Waals surface area contributed by atoms with Crippen LogP contribution in [-0.2, 0) is 4.79 Å². The third-order valence-electron chi connectivity index (χ3n) is 3.61. The van der Waals surface area contributed by atoms with Crippen molar-refractivity contribution in [1.82, 2.24) is 5.32 Å². The molecule has 0 unspecified atom stereocenters. The van der Waals surface area contributed by atoms with Crippen LogP contribution in [-0.4, -0.2) is 26.2 Å². The van der Waals surface area contributed by atoms with Gasteiger partial charge in [-0.2, -0.15) is 0 Å². The zero-order valence-electron chi connectivity index (χ0n) is 14.8. The maximum absolute atomic E-state index is 11.8. The Morgan fingerprint density at radius 2 is 1.68 bits per heavy atom. The monoisotopic (exact) mass is 337 g/mol. The molecular weight excluding hydrogens is 314 g/mol. The molecular formula is C21H23NO3. The molecule has 2 aromatic rings. The molecule has 1 amide bonds. The third-order valence-corrected chi connectivity index (χ3v) is 3.61. The molecule has 0 saturated heterocycles. The first-order valence-electron chi connectivity index (χ1n) is 8.21. The molecule has 0 atom stereocenters. The lowest BCUT2D eigenvalue weighted by Gasteiger charge is -2.08. The fraction of sp³-hybridized carbons (Fsp3) is 0.286. The van der Waals surface area contributed by atoms with Gasteiger partial charge < -0.3 is 14.8 Å². The summed E-state index contributed by atoms with van der Waals surface area (Å²) < 4.78 is 10.6. The highest BCUT2D eigenvalue weighted by atomic mass is 16.5. The minimum Gasteiger partial charge on any atom is -0.497 e. The molecule has 0 bridgehead atoms. The van der Waals surface area contributed by atoms with Crippen LogP contribution in [0.3, 0.4) is 0 Å². The van der Waals surface area contributed by atoms with E-state index in [2.05, 4.69) is 31.0 Å². The number of carbonyl (C=O) groups excluding carboxylic acids is 1. The van der Waals surface area contributed by atoms with Gasteiger partial charge in [0.15, 0.2) is 6.61 Å². The van der Waals surface area contributed by atoms with Crippen molar-refractivity contribution in [3.8, 4) is 23.3 Å². The van der Waals surface area contributed by atoms with Gasteiger partial charge in [0, 0.05) is 5.56 Å². The average Bonchev–Trinajstić information content (AvgIpc) is 2.64. The number of methoxy groups -OCH3 is 1. The predicted molar refractivity (Wildman–Crippen MR) is 98.9 cm³/mol. The SMILES string of the molecule is COc1ccc(C#CCNC(=O)COc2ccc(C(C)C)cc2)cc1. The fourth-order valence-corrected chi connectivity index (χ4v) is 2.11. The summed E-state index contributed by atoms with van der Waals surface area (Å²) in [5.41, 5.74) is 2.11. The van der Waals surface area contributed by atoms with Gasteiger partial charge >= 0.3 is 0 Å². The highest BCUT2D eigenvalue weighted by molar-refractivity contribution is 5.77. The van der Waals surface area contributed by atoms with E-state index in [1.165, 1.54) is 5.56 Å². The lowest BCUT2D eigenvalue weighted by molar-refractivity contribution is -0.122. The van der Waals surface area contributed by atoms with E-state index in [0.29, 0.717) is 11.7 Å². The first-order valence-corrected chi connectivity index (χ1v) is 8.21. The lowest BCUT2D eigenvalue weighted by atomic mass is 10.0. The van der Waals surface area contributed by atoms with Gasteiger partial charge in [-0.3, -0.25) is 4.79 Å². The smallest absolute Gasteiger partial charge is 0.258 e. The van der Waals surface area contributed by atoms with Crippen molar-refractivity contribution >= 4 is 5.91 Å². The second-order valence-electron chi connectivity index (χ2n) is 5.82. The average molecular weight is 337 g/mol. The topological polar surface area (TPSA) is 47.6 Å². The maximum Gasteiger partial charge on any atom is 0.258 e. The Labute approximate surface area is 149 Å². The van der Waals surface area contributed by atoms with E-state index in [1.54, 1.807) is 7.11 Å². The number of carbonyl (C=O) groups is 1. The molecule has 1 N–H and O–H groups in total. The molecule has 0 radical (unpaired) electrons. The molecule has 0 aliphatic rings. The minimum absolute atomic E-state index is 0.0226. The van der Waals surface area contributed by atoms with E-state index >= 15 is 0 Å². The summed E-state index contributed by atoms with van der Waals surface area (Å²) in [6, 6.07) is 15.2. The van der Waals surface area contributed by atoms with E-state index in [-0.39, 0.29) is 19.1 Å². The van der Waals surface area contributed by atoms with Gasteiger partial charge in [0.05, 0.1) is 13.7 Å². The normalized spacial score (nSPS) is 9.92. The van der Waals surface area contributed by atoms with Crippen molar-refractivity contribution in [3.05, 3.63) is 59.7 Å². The Kier molecular flexibility index (Phi) is 6.91. The molecule has 0 aliphatic heterocycles. The Balaban J connectivity index is 1.72. The van der Waals surface area contributed by atoms with Crippen LogP contribution in [0.25, 0.3) is 0 Å². The van der Waals surface area contributed by atoms with E-state index in [4.69, 9.17) is 9.47 Å². The van der Waals surface area contributed by atoms with Crippen molar-refractivity contribution in [2.75, 3.05) is 20.3 Å². The van der Waals surface area contributed by atoms with Crippen molar-refractivity contribution in [2.24, 2.45) is 0 Å². The second-order valence-corrected chi connectivity index (χ2v) is 5.82. The summed E-state index contributed by atoms with van der Waals surface area (Å²) in [4.78, 5) is 11.8. The number of hydrogen-bond acceptors (Lipinski definition) is 3. The highest BCUT2D eigenvalue weighted by Gasteiger charge is 2.03. The Morgan fingerprint density at radius 3 is 2.28 bits per heavy atom. The number of rotatable bonds is 6. The molecule has 130 valence electrons. The van der Waals surface area contributed by atoms with Crippen LogP contribution in [0.2, 0.25) is 0 Å². The summed E-state index contributed by atoms with van der Waals surface area (Å²) in [7, 11) is 1.62. The second kappa shape index (κ2) is 9.39. The van der Waals surface area contributed by atoms with E-state index in [9.17, 15) is 4.79 Å². The summed E-state index contributed by atoms with van der Waals surface area (Å²) in [5.74, 6) is 7.64.